The summed E-state index contributed by atoms with van der Waals surface area (Å²) in [7, 11) is 4.68. The molecule has 1 aromatic carbocycles. The minimum atomic E-state index is -0.448. The van der Waals surface area contributed by atoms with Gasteiger partial charge >= 0.3 is 5.69 Å². The number of fused-ring (bicyclic) bond motifs is 1. The molecule has 4 rings (SSSR count). The normalized spacial score (nSPS) is 11.2. The van der Waals surface area contributed by atoms with Gasteiger partial charge in [-0.3, -0.25) is 24.0 Å². The maximum Gasteiger partial charge on any atom is 0.332 e. The van der Waals surface area contributed by atoms with Crippen molar-refractivity contribution in [2.75, 3.05) is 5.32 Å². The van der Waals surface area contributed by atoms with Gasteiger partial charge in [-0.2, -0.15) is 0 Å². The quantitative estimate of drug-likeness (QED) is 0.419. The van der Waals surface area contributed by atoms with Crippen LogP contribution in [0.15, 0.2) is 47.8 Å². The number of rotatable bonds is 4. The second kappa shape index (κ2) is 7.81. The summed E-state index contributed by atoms with van der Waals surface area (Å²) in [6, 6.07) is 6.94. The third-order valence-corrected chi connectivity index (χ3v) is 6.81. The highest BCUT2D eigenvalue weighted by Gasteiger charge is 2.19. The van der Waals surface area contributed by atoms with Gasteiger partial charge in [-0.25, -0.2) is 9.78 Å². The fourth-order valence-corrected chi connectivity index (χ4v) is 4.70. The van der Waals surface area contributed by atoms with Crippen LogP contribution in [0, 0.1) is 0 Å². The van der Waals surface area contributed by atoms with Crippen molar-refractivity contribution in [3.05, 3.63) is 55.1 Å². The standard InChI is InChI=1S/C17H14BrN7O3S2/c1-23-10-11(24(2)17(28)25(3)13(10)27)19-15(23)30-16-22-21-14(29-16)20-12(26)8-4-6-9(18)7-5-8/h4-7H,1-3H3,(H,20,21,26). The largest absolute Gasteiger partial charge is 0.332 e. The van der Waals surface area contributed by atoms with Crippen molar-refractivity contribution in [1.29, 1.82) is 0 Å². The molecule has 0 radical (unpaired) electrons. The molecule has 0 aliphatic rings. The molecule has 0 saturated heterocycles. The number of carbonyl (C=O) groups is 1. The Bertz CT molecular complexity index is 1400. The second-order valence-corrected chi connectivity index (χ2v) is 9.38. The van der Waals surface area contributed by atoms with Gasteiger partial charge in [0.05, 0.1) is 0 Å². The zero-order chi connectivity index (χ0) is 21.6. The summed E-state index contributed by atoms with van der Waals surface area (Å²) in [4.78, 5) is 41.3. The van der Waals surface area contributed by atoms with Crippen LogP contribution < -0.4 is 16.6 Å². The van der Waals surface area contributed by atoms with Crippen molar-refractivity contribution in [3.63, 3.8) is 0 Å². The van der Waals surface area contributed by atoms with E-state index in [1.54, 1.807) is 42.9 Å². The molecule has 0 spiro atoms. The lowest BCUT2D eigenvalue weighted by atomic mass is 10.2. The summed E-state index contributed by atoms with van der Waals surface area (Å²) in [6.45, 7) is 0. The lowest BCUT2D eigenvalue weighted by Gasteiger charge is -2.03. The zero-order valence-corrected chi connectivity index (χ0v) is 19.1. The lowest BCUT2D eigenvalue weighted by molar-refractivity contribution is 0.102. The second-order valence-electron chi connectivity index (χ2n) is 6.27. The highest BCUT2D eigenvalue weighted by Crippen LogP contribution is 2.32. The first-order valence-corrected chi connectivity index (χ1v) is 10.9. The molecule has 1 amide bonds. The average molecular weight is 508 g/mol. The predicted octanol–water partition coefficient (Wildman–Crippen LogP) is 1.99. The number of halogens is 1. The SMILES string of the molecule is Cn1c(=O)c2c(nc(Sc3nnc(NC(=O)c4ccc(Br)cc4)s3)n2C)n(C)c1=O. The maximum atomic E-state index is 12.5. The summed E-state index contributed by atoms with van der Waals surface area (Å²) >= 11 is 5.70. The molecule has 3 aromatic heterocycles. The Balaban J connectivity index is 1.60. The van der Waals surface area contributed by atoms with Crippen LogP contribution in [0.4, 0.5) is 5.13 Å². The number of nitrogens with one attached hydrogen (secondary N) is 1. The van der Waals surface area contributed by atoms with E-state index in [1.165, 1.54) is 34.7 Å². The van der Waals surface area contributed by atoms with E-state index >= 15 is 0 Å². The fraction of sp³-hybridized carbons (Fsp3) is 0.176. The van der Waals surface area contributed by atoms with Gasteiger partial charge < -0.3 is 4.57 Å². The van der Waals surface area contributed by atoms with Gasteiger partial charge in [0.15, 0.2) is 20.7 Å². The number of anilines is 1. The molecule has 4 aromatic rings. The molecule has 0 fully saturated rings. The van der Waals surface area contributed by atoms with Crippen LogP contribution in [-0.2, 0) is 21.1 Å². The highest BCUT2D eigenvalue weighted by atomic mass is 79.9. The summed E-state index contributed by atoms with van der Waals surface area (Å²) in [6.07, 6.45) is 0. The topological polar surface area (TPSA) is 117 Å². The van der Waals surface area contributed by atoms with Crippen molar-refractivity contribution in [2.24, 2.45) is 21.1 Å². The fourth-order valence-electron chi connectivity index (χ4n) is 2.74. The van der Waals surface area contributed by atoms with Crippen LogP contribution >= 0.6 is 39.0 Å². The van der Waals surface area contributed by atoms with Crippen molar-refractivity contribution in [2.45, 2.75) is 9.50 Å². The number of amides is 1. The number of hydrogen-bond donors (Lipinski definition) is 1. The molecular weight excluding hydrogens is 494 g/mol. The Kier molecular flexibility index (Phi) is 5.34. The third-order valence-electron chi connectivity index (χ3n) is 4.35. The van der Waals surface area contributed by atoms with E-state index in [2.05, 4.69) is 36.4 Å². The first-order valence-electron chi connectivity index (χ1n) is 8.47. The van der Waals surface area contributed by atoms with Crippen LogP contribution in [0.5, 0.6) is 0 Å². The van der Waals surface area contributed by atoms with E-state index in [-0.39, 0.29) is 5.91 Å². The molecule has 0 atom stereocenters. The number of imidazole rings is 1. The van der Waals surface area contributed by atoms with Crippen molar-refractivity contribution >= 4 is 61.2 Å². The lowest BCUT2D eigenvalue weighted by Crippen LogP contribution is -2.37. The number of aryl methyl sites for hydroxylation is 2. The Morgan fingerprint density at radius 1 is 1.07 bits per heavy atom. The van der Waals surface area contributed by atoms with Crippen molar-refractivity contribution < 1.29 is 4.79 Å². The molecule has 0 bridgehead atoms. The van der Waals surface area contributed by atoms with Crippen LogP contribution in [-0.4, -0.2) is 34.8 Å². The number of hydrogen-bond acceptors (Lipinski definition) is 8. The Hall–Kier alpha value is -2.77. The first-order chi connectivity index (χ1) is 14.3. The number of benzene rings is 1. The minimum absolute atomic E-state index is 0.293. The Morgan fingerprint density at radius 2 is 1.77 bits per heavy atom. The first kappa shape index (κ1) is 20.5. The Morgan fingerprint density at radius 3 is 2.47 bits per heavy atom. The molecule has 13 heteroatoms. The van der Waals surface area contributed by atoms with Crippen LogP contribution in [0.2, 0.25) is 0 Å². The number of carbonyl (C=O) groups excluding carboxylic acids is 1. The highest BCUT2D eigenvalue weighted by molar-refractivity contribution is 9.10. The maximum absolute atomic E-state index is 12.5. The molecule has 0 unspecified atom stereocenters. The average Bonchev–Trinajstić information content (AvgIpc) is 3.30. The predicted molar refractivity (Wildman–Crippen MR) is 117 cm³/mol. The Labute approximate surface area is 185 Å². The van der Waals surface area contributed by atoms with Crippen LogP contribution in [0.1, 0.15) is 10.4 Å². The van der Waals surface area contributed by atoms with Crippen LogP contribution in [0.3, 0.4) is 0 Å². The van der Waals surface area contributed by atoms with Gasteiger partial charge in [0.2, 0.25) is 5.13 Å². The molecule has 30 heavy (non-hydrogen) atoms. The zero-order valence-electron chi connectivity index (χ0n) is 15.9. The summed E-state index contributed by atoms with van der Waals surface area (Å²) in [5, 5.41) is 11.6. The summed E-state index contributed by atoms with van der Waals surface area (Å²) in [5.74, 6) is -0.295. The van der Waals surface area contributed by atoms with Gasteiger partial charge in [0.25, 0.3) is 11.5 Å². The molecular formula is C17H14BrN7O3S2. The smallest absolute Gasteiger partial charge is 0.316 e. The summed E-state index contributed by atoms with van der Waals surface area (Å²) < 4.78 is 5.39. The van der Waals surface area contributed by atoms with Gasteiger partial charge in [-0.15, -0.1) is 10.2 Å². The van der Waals surface area contributed by atoms with Gasteiger partial charge in [0, 0.05) is 31.2 Å². The van der Waals surface area contributed by atoms with E-state index in [1.807, 2.05) is 0 Å². The van der Waals surface area contributed by atoms with E-state index in [9.17, 15) is 14.4 Å². The number of nitrogens with zero attached hydrogens (tertiary/aromatic N) is 6. The molecule has 3 heterocycles. The third kappa shape index (κ3) is 3.59. The van der Waals surface area contributed by atoms with E-state index in [4.69, 9.17) is 0 Å². The van der Waals surface area contributed by atoms with Gasteiger partial charge in [-0.1, -0.05) is 27.3 Å². The molecule has 154 valence electrons. The monoisotopic (exact) mass is 507 g/mol. The molecule has 0 aliphatic carbocycles. The molecule has 10 nitrogen and oxygen atoms in total. The molecule has 1 N–H and O–H groups in total. The summed E-state index contributed by atoms with van der Waals surface area (Å²) in [5.41, 5.74) is 0.233. The minimum Gasteiger partial charge on any atom is -0.316 e. The van der Waals surface area contributed by atoms with E-state index < -0.39 is 11.2 Å². The van der Waals surface area contributed by atoms with Gasteiger partial charge in [-0.05, 0) is 36.0 Å². The van der Waals surface area contributed by atoms with E-state index in [0.717, 1.165) is 9.04 Å². The van der Waals surface area contributed by atoms with Gasteiger partial charge in [0.1, 0.15) is 0 Å². The van der Waals surface area contributed by atoms with Crippen molar-refractivity contribution in [1.82, 2.24) is 28.9 Å². The molecule has 0 aliphatic heterocycles. The van der Waals surface area contributed by atoms with Crippen molar-refractivity contribution in [3.8, 4) is 0 Å². The number of aromatic nitrogens is 6. The van der Waals surface area contributed by atoms with E-state index in [0.29, 0.717) is 31.4 Å². The molecule has 0 saturated carbocycles. The van der Waals surface area contributed by atoms with Crippen LogP contribution in [0.25, 0.3) is 11.2 Å².